The molecule has 35 heavy (non-hydrogen) atoms. The smallest absolute Gasteiger partial charge is 0.323 e. The second-order valence-corrected chi connectivity index (χ2v) is 11.9. The highest BCUT2D eigenvalue weighted by Gasteiger charge is 2.68. The van der Waals surface area contributed by atoms with Crippen LogP contribution in [0.15, 0.2) is 11.6 Å². The number of ether oxygens (including phenoxy) is 1. The molecule has 0 spiro atoms. The maximum absolute atomic E-state index is 13.3. The number of esters is 1. The van der Waals surface area contributed by atoms with Crippen molar-refractivity contribution in [3.63, 3.8) is 0 Å². The molecule has 3 fully saturated rings. The van der Waals surface area contributed by atoms with Crippen molar-refractivity contribution < 1.29 is 29.3 Å². The summed E-state index contributed by atoms with van der Waals surface area (Å²) in [5.41, 5.74) is 9.82. The number of hydrogen-bond acceptors (Lipinski definition) is 8. The quantitative estimate of drug-likeness (QED) is 0.297. The van der Waals surface area contributed by atoms with Gasteiger partial charge in [0.15, 0.2) is 12.4 Å². The van der Waals surface area contributed by atoms with Crippen molar-refractivity contribution in [2.75, 3.05) is 13.2 Å². The van der Waals surface area contributed by atoms with Gasteiger partial charge in [-0.15, -0.1) is 0 Å². The number of allylic oxidation sites excluding steroid dienone is 1. The lowest BCUT2D eigenvalue weighted by molar-refractivity contribution is -0.184. The molecule has 196 valence electrons. The molecular weight excluding hydrogens is 448 g/mol. The summed E-state index contributed by atoms with van der Waals surface area (Å²) in [5, 5.41) is 23.2. The molecule has 6 N–H and O–H groups in total. The third-order valence-electron chi connectivity index (χ3n) is 10.1. The first-order chi connectivity index (χ1) is 16.5. The summed E-state index contributed by atoms with van der Waals surface area (Å²) in [6, 6.07) is -0.819. The summed E-state index contributed by atoms with van der Waals surface area (Å²) in [4.78, 5) is 37.6. The van der Waals surface area contributed by atoms with Gasteiger partial charge in [-0.3, -0.25) is 14.4 Å². The topological polar surface area (TPSA) is 153 Å². The Kier molecular flexibility index (Phi) is 7.32. The van der Waals surface area contributed by atoms with E-state index < -0.39 is 41.5 Å². The second kappa shape index (κ2) is 9.69. The SMILES string of the molecule is C[C@]12CCC(=O)C=C1CCC1C2[C@@H](O)C[C@@]2(C)C1CC[C@]2(O)C(=O)COC(=O)C(N)CCCCN. The minimum atomic E-state index is -1.66. The number of aliphatic hydroxyl groups excluding tert-OH is 1. The first-order valence-corrected chi connectivity index (χ1v) is 13.3. The molecule has 3 saturated carbocycles. The van der Waals surface area contributed by atoms with Crippen LogP contribution in [0.4, 0.5) is 0 Å². The highest BCUT2D eigenvalue weighted by Crippen LogP contribution is 2.67. The van der Waals surface area contributed by atoms with Crippen LogP contribution in [0.1, 0.15) is 78.1 Å². The number of nitrogens with two attached hydrogens (primary N) is 2. The molecule has 4 unspecified atom stereocenters. The van der Waals surface area contributed by atoms with E-state index in [4.69, 9.17) is 16.2 Å². The lowest BCUT2D eigenvalue weighted by atomic mass is 9.45. The van der Waals surface area contributed by atoms with Crippen LogP contribution in [0.25, 0.3) is 0 Å². The predicted molar refractivity (Wildman–Crippen MR) is 130 cm³/mol. The van der Waals surface area contributed by atoms with Crippen molar-refractivity contribution in [2.45, 2.75) is 95.8 Å². The monoisotopic (exact) mass is 490 g/mol. The Morgan fingerprint density at radius 3 is 2.66 bits per heavy atom. The summed E-state index contributed by atoms with van der Waals surface area (Å²) in [5.74, 6) is -0.735. The highest BCUT2D eigenvalue weighted by molar-refractivity contribution is 5.92. The van der Waals surface area contributed by atoms with Crippen LogP contribution in [0.2, 0.25) is 0 Å². The molecule has 4 rings (SSSR count). The number of hydrogen-bond donors (Lipinski definition) is 4. The lowest BCUT2D eigenvalue weighted by Gasteiger charge is -2.60. The molecule has 0 radical (unpaired) electrons. The Bertz CT molecular complexity index is 904. The van der Waals surface area contributed by atoms with E-state index in [9.17, 15) is 24.6 Å². The van der Waals surface area contributed by atoms with Crippen molar-refractivity contribution in [2.24, 2.45) is 40.1 Å². The van der Waals surface area contributed by atoms with E-state index in [-0.39, 0.29) is 29.0 Å². The van der Waals surface area contributed by atoms with Crippen LogP contribution < -0.4 is 11.5 Å². The fourth-order valence-corrected chi connectivity index (χ4v) is 8.14. The van der Waals surface area contributed by atoms with Gasteiger partial charge in [-0.25, -0.2) is 0 Å². The number of ketones is 2. The fourth-order valence-electron chi connectivity index (χ4n) is 8.14. The number of carbonyl (C=O) groups excluding carboxylic acids is 3. The highest BCUT2D eigenvalue weighted by atomic mass is 16.5. The average Bonchev–Trinajstić information content (AvgIpc) is 3.08. The van der Waals surface area contributed by atoms with E-state index in [2.05, 4.69) is 6.92 Å². The Hall–Kier alpha value is -1.61. The summed E-state index contributed by atoms with van der Waals surface area (Å²) in [6.45, 7) is 4.10. The first kappa shape index (κ1) is 26.5. The lowest BCUT2D eigenvalue weighted by Crippen LogP contribution is -2.62. The van der Waals surface area contributed by atoms with Crippen LogP contribution in [0, 0.1) is 28.6 Å². The van der Waals surface area contributed by atoms with E-state index >= 15 is 0 Å². The van der Waals surface area contributed by atoms with Crippen molar-refractivity contribution in [3.05, 3.63) is 11.6 Å². The van der Waals surface area contributed by atoms with Gasteiger partial charge in [-0.05, 0) is 87.2 Å². The molecule has 4 aliphatic rings. The van der Waals surface area contributed by atoms with Crippen LogP contribution >= 0.6 is 0 Å². The molecule has 0 aromatic heterocycles. The van der Waals surface area contributed by atoms with Gasteiger partial charge < -0.3 is 26.4 Å². The number of aliphatic hydroxyl groups is 2. The Balaban J connectivity index is 1.48. The largest absolute Gasteiger partial charge is 0.456 e. The van der Waals surface area contributed by atoms with Gasteiger partial charge >= 0.3 is 5.97 Å². The Labute approximate surface area is 207 Å². The van der Waals surface area contributed by atoms with E-state index in [0.717, 1.165) is 31.3 Å². The van der Waals surface area contributed by atoms with Crippen LogP contribution in [-0.2, 0) is 19.1 Å². The molecular formula is C27H42N2O6. The first-order valence-electron chi connectivity index (χ1n) is 13.3. The number of carbonyl (C=O) groups is 3. The van der Waals surface area contributed by atoms with Gasteiger partial charge in [-0.1, -0.05) is 25.8 Å². The van der Waals surface area contributed by atoms with Gasteiger partial charge in [0, 0.05) is 11.8 Å². The minimum Gasteiger partial charge on any atom is -0.456 e. The number of Topliss-reactive ketones (excluding diaryl/α,β-unsaturated/α-hetero) is 1. The van der Waals surface area contributed by atoms with Crippen molar-refractivity contribution in [3.8, 4) is 0 Å². The predicted octanol–water partition coefficient (Wildman–Crippen LogP) is 1.79. The zero-order valence-electron chi connectivity index (χ0n) is 21.1. The molecule has 8 heteroatoms. The number of fused-ring (bicyclic) bond motifs is 5. The van der Waals surface area contributed by atoms with Crippen molar-refractivity contribution >= 4 is 17.5 Å². The zero-order valence-corrected chi connectivity index (χ0v) is 21.1. The van der Waals surface area contributed by atoms with Gasteiger partial charge in [-0.2, -0.15) is 0 Å². The van der Waals surface area contributed by atoms with E-state index in [1.807, 2.05) is 6.92 Å². The fraction of sp³-hybridized carbons (Fsp3) is 0.815. The van der Waals surface area contributed by atoms with Gasteiger partial charge in [0.2, 0.25) is 5.78 Å². The third-order valence-corrected chi connectivity index (χ3v) is 10.1. The summed E-state index contributed by atoms with van der Waals surface area (Å²) in [6.07, 6.45) is 7.20. The summed E-state index contributed by atoms with van der Waals surface area (Å²) in [7, 11) is 0. The van der Waals surface area contributed by atoms with Gasteiger partial charge in [0.1, 0.15) is 11.6 Å². The minimum absolute atomic E-state index is 0.00970. The molecule has 0 aromatic rings. The number of rotatable bonds is 8. The molecule has 0 aliphatic heterocycles. The van der Waals surface area contributed by atoms with Crippen molar-refractivity contribution in [1.82, 2.24) is 0 Å². The molecule has 0 saturated heterocycles. The normalized spacial score (nSPS) is 41.3. The van der Waals surface area contributed by atoms with Gasteiger partial charge in [0.25, 0.3) is 0 Å². The summed E-state index contributed by atoms with van der Waals surface area (Å²) >= 11 is 0. The average molecular weight is 491 g/mol. The van der Waals surface area contributed by atoms with E-state index in [1.54, 1.807) is 6.08 Å². The molecule has 4 aliphatic carbocycles. The molecule has 8 atom stereocenters. The molecule has 0 aromatic carbocycles. The third kappa shape index (κ3) is 4.30. The van der Waals surface area contributed by atoms with Crippen molar-refractivity contribution in [1.29, 1.82) is 0 Å². The van der Waals surface area contributed by atoms with Crippen LogP contribution in [0.3, 0.4) is 0 Å². The molecule has 8 nitrogen and oxygen atoms in total. The second-order valence-electron chi connectivity index (χ2n) is 11.9. The Morgan fingerprint density at radius 2 is 1.94 bits per heavy atom. The van der Waals surface area contributed by atoms with Crippen LogP contribution in [0.5, 0.6) is 0 Å². The maximum Gasteiger partial charge on any atom is 0.323 e. The van der Waals surface area contributed by atoms with E-state index in [0.29, 0.717) is 45.1 Å². The molecule has 0 heterocycles. The van der Waals surface area contributed by atoms with E-state index in [1.165, 1.54) is 0 Å². The maximum atomic E-state index is 13.3. The number of unbranched alkanes of at least 4 members (excludes halogenated alkanes) is 1. The standard InChI is InChI=1S/C27H42N2O6/c1-25-10-8-17(30)13-16(25)6-7-18-19-9-11-27(34,26(19,2)14-21(31)23(18)25)22(32)15-35-24(33)20(29)5-3-4-12-28/h13,18-21,23,31,34H,3-12,14-15,28-29H2,1-2H3/t18?,19?,20?,21-,23?,25-,26-,27-/m0/s1. The van der Waals surface area contributed by atoms with Crippen LogP contribution in [-0.4, -0.2) is 58.6 Å². The van der Waals surface area contributed by atoms with Gasteiger partial charge in [0.05, 0.1) is 6.10 Å². The molecule has 0 amide bonds. The Morgan fingerprint density at radius 1 is 1.20 bits per heavy atom. The zero-order chi connectivity index (χ0) is 25.6. The molecule has 0 bridgehead atoms. The summed E-state index contributed by atoms with van der Waals surface area (Å²) < 4.78 is 5.22.